The lowest BCUT2D eigenvalue weighted by atomic mass is 10.1. The molecule has 0 aliphatic heterocycles. The number of aromatic nitrogens is 1. The molecule has 0 N–H and O–H groups in total. The molecule has 0 saturated carbocycles. The van der Waals surface area contributed by atoms with E-state index in [1.165, 1.54) is 7.11 Å². The number of fused-ring (bicyclic) bond motifs is 1. The van der Waals surface area contributed by atoms with Crippen LogP contribution in [0.3, 0.4) is 0 Å². The number of oxazole rings is 1. The van der Waals surface area contributed by atoms with Crippen molar-refractivity contribution in [1.82, 2.24) is 4.98 Å². The first-order valence-electron chi connectivity index (χ1n) is 10.4. The zero-order chi connectivity index (χ0) is 22.8. The maximum Gasteiger partial charge on any atom is 0.337 e. The van der Waals surface area contributed by atoms with Crippen molar-refractivity contribution in [3.8, 4) is 22.8 Å². The standard InChI is InChI=1S/C27H20N2O4/c1-17-6-12-25-23(14-17)29-26(33-25)20-4-3-5-21(15-20)28-16-22-11-13-24(32-22)18-7-9-19(10-8-18)27(30)31-2/h3-16H,1-2H3. The van der Waals surface area contributed by atoms with Gasteiger partial charge in [-0.1, -0.05) is 24.3 Å². The van der Waals surface area contributed by atoms with Gasteiger partial charge in [0.1, 0.15) is 17.0 Å². The molecule has 0 radical (unpaired) electrons. The third-order valence-electron chi connectivity index (χ3n) is 5.19. The first-order chi connectivity index (χ1) is 16.1. The minimum atomic E-state index is -0.371. The van der Waals surface area contributed by atoms with Crippen molar-refractivity contribution >= 4 is 29.0 Å². The highest BCUT2D eigenvalue weighted by molar-refractivity contribution is 5.90. The van der Waals surface area contributed by atoms with E-state index in [9.17, 15) is 4.79 Å². The number of hydrogen-bond donors (Lipinski definition) is 0. The minimum Gasteiger partial charge on any atom is -0.465 e. The summed E-state index contributed by atoms with van der Waals surface area (Å²) < 4.78 is 16.5. The lowest BCUT2D eigenvalue weighted by Gasteiger charge is -2.00. The number of esters is 1. The average molecular weight is 436 g/mol. The van der Waals surface area contributed by atoms with Gasteiger partial charge in [0.25, 0.3) is 0 Å². The summed E-state index contributed by atoms with van der Waals surface area (Å²) in [4.78, 5) is 20.7. The van der Waals surface area contributed by atoms with Crippen molar-refractivity contribution in [2.75, 3.05) is 7.11 Å². The lowest BCUT2D eigenvalue weighted by molar-refractivity contribution is 0.0600. The molecule has 2 aromatic heterocycles. The highest BCUT2D eigenvalue weighted by atomic mass is 16.5. The van der Waals surface area contributed by atoms with E-state index in [4.69, 9.17) is 13.6 Å². The zero-order valence-electron chi connectivity index (χ0n) is 18.1. The number of carbonyl (C=O) groups excluding carboxylic acids is 1. The number of methoxy groups -OCH3 is 1. The summed E-state index contributed by atoms with van der Waals surface area (Å²) in [6.45, 7) is 2.03. The van der Waals surface area contributed by atoms with Crippen LogP contribution >= 0.6 is 0 Å². The monoisotopic (exact) mass is 436 g/mol. The molecule has 33 heavy (non-hydrogen) atoms. The third-order valence-corrected chi connectivity index (χ3v) is 5.19. The molecule has 162 valence electrons. The van der Waals surface area contributed by atoms with Crippen LogP contribution in [-0.4, -0.2) is 24.3 Å². The highest BCUT2D eigenvalue weighted by Gasteiger charge is 2.10. The van der Waals surface area contributed by atoms with Crippen LogP contribution in [-0.2, 0) is 4.74 Å². The van der Waals surface area contributed by atoms with Crippen LogP contribution < -0.4 is 0 Å². The fraction of sp³-hybridized carbons (Fsp3) is 0.0741. The topological polar surface area (TPSA) is 77.8 Å². The van der Waals surface area contributed by atoms with Crippen LogP contribution in [0.15, 0.2) is 92.7 Å². The molecular formula is C27H20N2O4. The Morgan fingerprint density at radius 3 is 2.61 bits per heavy atom. The van der Waals surface area contributed by atoms with E-state index in [1.54, 1.807) is 18.3 Å². The van der Waals surface area contributed by atoms with Gasteiger partial charge in [-0.15, -0.1) is 0 Å². The zero-order valence-corrected chi connectivity index (χ0v) is 18.1. The molecule has 5 aromatic rings. The Bertz CT molecular complexity index is 1480. The van der Waals surface area contributed by atoms with Crippen LogP contribution in [0.2, 0.25) is 0 Å². The Kier molecular flexibility index (Phi) is 5.32. The van der Waals surface area contributed by atoms with Gasteiger partial charge in [-0.05, 0) is 67.1 Å². The van der Waals surface area contributed by atoms with Gasteiger partial charge in [-0.3, -0.25) is 4.99 Å². The van der Waals surface area contributed by atoms with Crippen molar-refractivity contribution in [2.24, 2.45) is 4.99 Å². The van der Waals surface area contributed by atoms with E-state index < -0.39 is 0 Å². The fourth-order valence-electron chi connectivity index (χ4n) is 3.48. The molecule has 0 unspecified atom stereocenters. The summed E-state index contributed by atoms with van der Waals surface area (Å²) >= 11 is 0. The van der Waals surface area contributed by atoms with Crippen molar-refractivity contribution in [3.05, 3.63) is 95.7 Å². The number of carbonyl (C=O) groups is 1. The smallest absolute Gasteiger partial charge is 0.337 e. The SMILES string of the molecule is COC(=O)c1ccc(-c2ccc(C=Nc3cccc(-c4nc5cc(C)ccc5o4)c3)o2)cc1. The van der Waals surface area contributed by atoms with E-state index in [1.807, 2.05) is 73.7 Å². The number of benzene rings is 3. The molecule has 0 fully saturated rings. The molecule has 0 spiro atoms. The van der Waals surface area contributed by atoms with Crippen LogP contribution in [0.4, 0.5) is 5.69 Å². The van der Waals surface area contributed by atoms with Gasteiger partial charge < -0.3 is 13.6 Å². The predicted octanol–water partition coefficient (Wildman–Crippen LogP) is 6.60. The number of aryl methyl sites for hydroxylation is 1. The van der Waals surface area contributed by atoms with E-state index >= 15 is 0 Å². The van der Waals surface area contributed by atoms with Crippen molar-refractivity contribution in [1.29, 1.82) is 0 Å². The third kappa shape index (κ3) is 4.32. The second kappa shape index (κ2) is 8.59. The number of aliphatic imine (C=N–C) groups is 1. The Balaban J connectivity index is 1.35. The van der Waals surface area contributed by atoms with E-state index in [2.05, 4.69) is 9.98 Å². The number of rotatable bonds is 5. The first-order valence-corrected chi connectivity index (χ1v) is 10.4. The van der Waals surface area contributed by atoms with Crippen molar-refractivity contribution in [3.63, 3.8) is 0 Å². The molecule has 0 bridgehead atoms. The molecular weight excluding hydrogens is 416 g/mol. The van der Waals surface area contributed by atoms with Crippen LogP contribution in [0.5, 0.6) is 0 Å². The molecule has 0 aliphatic rings. The lowest BCUT2D eigenvalue weighted by Crippen LogP contribution is -2.00. The number of furan rings is 1. The second-order valence-electron chi connectivity index (χ2n) is 7.57. The molecule has 0 atom stereocenters. The number of ether oxygens (including phenoxy) is 1. The minimum absolute atomic E-state index is 0.371. The Morgan fingerprint density at radius 1 is 0.939 bits per heavy atom. The molecule has 5 rings (SSSR count). The molecule has 3 aromatic carbocycles. The van der Waals surface area contributed by atoms with Gasteiger partial charge in [0, 0.05) is 11.1 Å². The average Bonchev–Trinajstić information content (AvgIpc) is 3.49. The number of hydrogen-bond acceptors (Lipinski definition) is 6. The molecule has 0 saturated heterocycles. The van der Waals surface area contributed by atoms with E-state index in [-0.39, 0.29) is 5.97 Å². The van der Waals surface area contributed by atoms with Gasteiger partial charge in [0.2, 0.25) is 5.89 Å². The second-order valence-corrected chi connectivity index (χ2v) is 7.57. The highest BCUT2D eigenvalue weighted by Crippen LogP contribution is 2.28. The molecule has 6 nitrogen and oxygen atoms in total. The van der Waals surface area contributed by atoms with Crippen molar-refractivity contribution < 1.29 is 18.4 Å². The van der Waals surface area contributed by atoms with Crippen molar-refractivity contribution in [2.45, 2.75) is 6.92 Å². The summed E-state index contributed by atoms with van der Waals surface area (Å²) in [5, 5.41) is 0. The van der Waals surface area contributed by atoms with Gasteiger partial charge >= 0.3 is 5.97 Å². The quantitative estimate of drug-likeness (QED) is 0.229. The van der Waals surface area contributed by atoms with Gasteiger partial charge in [-0.2, -0.15) is 0 Å². The predicted molar refractivity (Wildman–Crippen MR) is 127 cm³/mol. The normalized spacial score (nSPS) is 11.3. The first kappa shape index (κ1) is 20.5. The largest absolute Gasteiger partial charge is 0.465 e. The molecule has 6 heteroatoms. The summed E-state index contributed by atoms with van der Waals surface area (Å²) in [5.74, 6) is 1.49. The molecule has 0 aliphatic carbocycles. The van der Waals surface area contributed by atoms with Crippen LogP contribution in [0.25, 0.3) is 33.9 Å². The van der Waals surface area contributed by atoms with E-state index in [0.717, 1.165) is 33.5 Å². The summed E-state index contributed by atoms with van der Waals surface area (Å²) in [6.07, 6.45) is 1.67. The van der Waals surface area contributed by atoms with E-state index in [0.29, 0.717) is 23.0 Å². The van der Waals surface area contributed by atoms with Gasteiger partial charge in [-0.25, -0.2) is 9.78 Å². The summed E-state index contributed by atoms with van der Waals surface area (Å²) in [5.41, 5.74) is 5.68. The summed E-state index contributed by atoms with van der Waals surface area (Å²) in [6, 6.07) is 24.4. The maximum atomic E-state index is 11.6. The number of nitrogens with zero attached hydrogens (tertiary/aromatic N) is 2. The van der Waals surface area contributed by atoms with Gasteiger partial charge in [0.05, 0.1) is 24.6 Å². The fourth-order valence-corrected chi connectivity index (χ4v) is 3.48. The summed E-state index contributed by atoms with van der Waals surface area (Å²) in [7, 11) is 1.36. The molecule has 0 amide bonds. The van der Waals surface area contributed by atoms with Gasteiger partial charge in [0.15, 0.2) is 5.58 Å². The Hall–Kier alpha value is -4.45. The van der Waals surface area contributed by atoms with Crippen LogP contribution in [0.1, 0.15) is 21.7 Å². The molecule has 2 heterocycles. The Morgan fingerprint density at radius 2 is 1.79 bits per heavy atom. The maximum absolute atomic E-state index is 11.6. The van der Waals surface area contributed by atoms with Crippen LogP contribution in [0, 0.1) is 6.92 Å². The Labute approximate surface area is 190 Å².